The van der Waals surface area contributed by atoms with Gasteiger partial charge < -0.3 is 49.2 Å². The van der Waals surface area contributed by atoms with E-state index in [2.05, 4.69) is 229 Å². The van der Waals surface area contributed by atoms with Gasteiger partial charge in [-0.2, -0.15) is 0 Å². The molecular formula is C120H96Ir4N4O10S2-4. The first kappa shape index (κ1) is 109. The SMILES string of the molecule is CC(=O)C=C(C)O.CC(=O)C=C(C)O.CC(=O)C=C(C)O.CC(=O)C=C(C)O.[Ir].[Ir].[Ir].[Ir].[c-]1ccc(-c2ccccc2)cc1-c1nccc2cc(-c3ccccc3)oc12.[c-]1ccc(-c2ccccc2)cc1-c1nccc2cc(-c3ccccc3)sc12.[c-]1ccccc1-c1ncc(-c2ccccc2)c2cc(-c3ccccc3)oc12.[c-]1ccccc1-c1ncc(-c2ccccc2)c2cc(-c3ccccc3)sc12. The third-order valence-electron chi connectivity index (χ3n) is 20.3. The van der Waals surface area contributed by atoms with Crippen LogP contribution in [-0.2, 0) is 99.6 Å². The first-order valence-electron chi connectivity index (χ1n) is 43.6. The summed E-state index contributed by atoms with van der Waals surface area (Å²) in [7, 11) is 0. The van der Waals surface area contributed by atoms with Gasteiger partial charge in [-0.05, 0) is 136 Å². The van der Waals surface area contributed by atoms with E-state index in [0.717, 1.165) is 106 Å². The van der Waals surface area contributed by atoms with Gasteiger partial charge in [0.15, 0.2) is 23.1 Å². The minimum atomic E-state index is -0.125. The Hall–Kier alpha value is -14.3. The number of carbonyl (C=O) groups is 4. The van der Waals surface area contributed by atoms with Crippen molar-refractivity contribution < 1.29 is 129 Å². The van der Waals surface area contributed by atoms with Gasteiger partial charge >= 0.3 is 0 Å². The molecule has 0 amide bonds. The monoisotopic (exact) mass is 2590 g/mol. The first-order chi connectivity index (χ1) is 66.1. The van der Waals surface area contributed by atoms with Gasteiger partial charge in [-0.3, -0.25) is 19.2 Å². The standard InChI is InChI=1S/2C25H16NO.2C25H16NS.4C5H8O2.4Ir/c1-4-10-18(11-5-1)22-17-26-24(20-14-8-3-9-15-20)25-21(22)16-23(27-25)19-12-6-2-7-13-19;1-3-8-18(9-4-1)20-12-7-13-21(16-20)24-25-22(14-15-26-24)17-23(27-25)19-10-5-2-6-11-19;1-4-10-18(11-5-1)22-17-26-24(20-14-8-3-9-15-20)25-21(22)16-23(27-25)19-12-6-2-7-13-19;1-3-8-18(9-4-1)20-12-7-13-21(16-20)24-25-22(14-15-26-24)17-23(27-25)19-10-5-2-6-11-19;4*1-4(6)3-5(2)7;;;;/h1-14,16-17H;1-12,14-17H;1-14,16-17H;1-12,14-17H;4*3,6H,1-2H3;;;;/q4*-1;;;;;;;;. The molecule has 140 heavy (non-hydrogen) atoms. The summed E-state index contributed by atoms with van der Waals surface area (Å²) in [5.41, 5.74) is 22.9. The van der Waals surface area contributed by atoms with Crippen molar-refractivity contribution in [2.75, 3.05) is 0 Å². The molecule has 8 aromatic heterocycles. The van der Waals surface area contributed by atoms with E-state index in [4.69, 9.17) is 44.2 Å². The summed E-state index contributed by atoms with van der Waals surface area (Å²) in [4.78, 5) is 61.5. The predicted octanol–water partition coefficient (Wildman–Crippen LogP) is 31.6. The molecule has 0 aliphatic rings. The molecule has 708 valence electrons. The first-order valence-corrected chi connectivity index (χ1v) is 45.3. The fourth-order valence-electron chi connectivity index (χ4n) is 14.5. The number of hydrogen-bond acceptors (Lipinski definition) is 16. The third kappa shape index (κ3) is 31.3. The van der Waals surface area contributed by atoms with Crippen molar-refractivity contribution in [3.63, 3.8) is 0 Å². The molecule has 20 aromatic rings. The van der Waals surface area contributed by atoms with Crippen LogP contribution in [0.5, 0.6) is 0 Å². The number of furan rings is 2. The average molecular weight is 2590 g/mol. The molecule has 0 spiro atoms. The summed E-state index contributed by atoms with van der Waals surface area (Å²) >= 11 is 3.59. The van der Waals surface area contributed by atoms with E-state index in [-0.39, 0.29) is 127 Å². The van der Waals surface area contributed by atoms with Crippen LogP contribution in [0.4, 0.5) is 0 Å². The molecule has 0 aliphatic carbocycles. The maximum absolute atomic E-state index is 10.0. The number of ketones is 4. The van der Waals surface area contributed by atoms with Crippen molar-refractivity contribution >= 4 is 87.9 Å². The number of fused-ring (bicyclic) bond motifs is 4. The summed E-state index contributed by atoms with van der Waals surface area (Å²) in [5.74, 6) is 1.44. The molecule has 0 saturated carbocycles. The van der Waals surface area contributed by atoms with Crippen molar-refractivity contribution in [1.29, 1.82) is 0 Å². The minimum absolute atomic E-state index is 0. The smallest absolute Gasteiger partial charge is 0.155 e. The molecule has 0 unspecified atom stereocenters. The fraction of sp³-hybridized carbons (Fsp3) is 0.0667. The molecule has 8 heterocycles. The molecule has 4 radical (unpaired) electrons. The molecule has 4 N–H and O–H groups in total. The Morgan fingerprint density at radius 3 is 0.986 bits per heavy atom. The second kappa shape index (κ2) is 55.3. The fourth-order valence-corrected chi connectivity index (χ4v) is 16.9. The Kier molecular flexibility index (Phi) is 43.2. The summed E-state index contributed by atoms with van der Waals surface area (Å²) in [6, 6.07) is 137. The number of thiophene rings is 2. The van der Waals surface area contributed by atoms with Crippen LogP contribution >= 0.6 is 22.7 Å². The normalized spacial score (nSPS) is 10.7. The number of aliphatic hydroxyl groups excluding tert-OH is 4. The van der Waals surface area contributed by atoms with E-state index in [1.165, 1.54) is 149 Å². The molecule has 12 aromatic carbocycles. The number of aliphatic hydroxyl groups is 4. The van der Waals surface area contributed by atoms with E-state index in [0.29, 0.717) is 0 Å². The number of aromatic nitrogens is 4. The van der Waals surface area contributed by atoms with Crippen LogP contribution in [-0.4, -0.2) is 63.5 Å². The van der Waals surface area contributed by atoms with E-state index in [1.807, 2.05) is 189 Å². The number of allylic oxidation sites excluding steroid dienone is 8. The Bertz CT molecular complexity index is 6860. The molecule has 20 heteroatoms. The van der Waals surface area contributed by atoms with Gasteiger partial charge in [-0.15, -0.1) is 165 Å². The van der Waals surface area contributed by atoms with E-state index in [1.54, 1.807) is 22.7 Å². The van der Waals surface area contributed by atoms with Crippen LogP contribution in [0.15, 0.2) is 445 Å². The third-order valence-corrected chi connectivity index (χ3v) is 22.7. The van der Waals surface area contributed by atoms with Crippen LogP contribution in [0.1, 0.15) is 55.4 Å². The van der Waals surface area contributed by atoms with Crippen molar-refractivity contribution in [3.8, 4) is 133 Å². The quantitative estimate of drug-likeness (QED) is 0.0401. The van der Waals surface area contributed by atoms with Gasteiger partial charge in [0.1, 0.15) is 22.7 Å². The van der Waals surface area contributed by atoms with Gasteiger partial charge in [0.25, 0.3) is 0 Å². The number of carbonyl (C=O) groups excluding carboxylic acids is 4. The van der Waals surface area contributed by atoms with Crippen molar-refractivity contribution in [2.24, 2.45) is 0 Å². The molecule has 0 atom stereocenters. The summed E-state index contributed by atoms with van der Waals surface area (Å²) in [5, 5.41) is 38.0. The van der Waals surface area contributed by atoms with E-state index in [9.17, 15) is 19.2 Å². The Morgan fingerprint density at radius 2 is 0.586 bits per heavy atom. The summed E-state index contributed by atoms with van der Waals surface area (Å²) in [6.45, 7) is 11.4. The number of rotatable bonds is 16. The zero-order valence-corrected chi connectivity index (χ0v) is 88.7. The predicted molar refractivity (Wildman–Crippen MR) is 556 cm³/mol. The van der Waals surface area contributed by atoms with E-state index >= 15 is 0 Å². The van der Waals surface area contributed by atoms with Gasteiger partial charge in [0.2, 0.25) is 0 Å². The number of benzene rings is 12. The Balaban J connectivity index is 0.000000189. The molecule has 0 saturated heterocycles. The van der Waals surface area contributed by atoms with Gasteiger partial charge in [-0.1, -0.05) is 243 Å². The van der Waals surface area contributed by atoms with Gasteiger partial charge in [0.05, 0.1) is 23.0 Å². The number of hydrogen-bond donors (Lipinski definition) is 4. The van der Waals surface area contributed by atoms with E-state index < -0.39 is 0 Å². The Morgan fingerprint density at radius 1 is 0.271 bits per heavy atom. The van der Waals surface area contributed by atoms with Crippen molar-refractivity contribution in [3.05, 3.63) is 460 Å². The van der Waals surface area contributed by atoms with Crippen LogP contribution in [0, 0.1) is 24.3 Å². The van der Waals surface area contributed by atoms with Gasteiger partial charge in [-0.25, -0.2) is 0 Å². The zero-order valence-electron chi connectivity index (χ0n) is 77.4. The molecular weight excluding hydrogens is 2490 g/mol. The second-order valence-corrected chi connectivity index (χ2v) is 33.3. The van der Waals surface area contributed by atoms with Crippen LogP contribution in [0.25, 0.3) is 175 Å². The second-order valence-electron chi connectivity index (χ2n) is 31.2. The molecule has 20 rings (SSSR count). The molecule has 0 bridgehead atoms. The zero-order chi connectivity index (χ0) is 95.7. The number of nitrogens with zero attached hydrogens (tertiary/aromatic N) is 4. The Labute approximate surface area is 877 Å². The van der Waals surface area contributed by atoms with Crippen LogP contribution in [0.3, 0.4) is 0 Å². The van der Waals surface area contributed by atoms with Crippen molar-refractivity contribution in [1.82, 2.24) is 19.9 Å². The van der Waals surface area contributed by atoms with Crippen LogP contribution < -0.4 is 0 Å². The maximum Gasteiger partial charge on any atom is 0.155 e. The minimum Gasteiger partial charge on any atom is -0.512 e. The summed E-state index contributed by atoms with van der Waals surface area (Å²) < 4.78 is 14.9. The summed E-state index contributed by atoms with van der Waals surface area (Å²) in [6.07, 6.45) is 12.3. The maximum atomic E-state index is 10.0. The topological polar surface area (TPSA) is 227 Å². The number of pyridine rings is 4. The molecule has 14 nitrogen and oxygen atoms in total. The van der Waals surface area contributed by atoms with Crippen LogP contribution in [0.2, 0.25) is 0 Å². The average Bonchev–Trinajstić information content (AvgIpc) is 1.60. The van der Waals surface area contributed by atoms with Crippen molar-refractivity contribution in [2.45, 2.75) is 55.4 Å². The molecule has 0 fully saturated rings. The van der Waals surface area contributed by atoms with Gasteiger partial charge in [0, 0.05) is 204 Å². The molecule has 0 aliphatic heterocycles. The largest absolute Gasteiger partial charge is 0.512 e.